The van der Waals surface area contributed by atoms with Gasteiger partial charge in [0.25, 0.3) is 0 Å². The molecule has 0 atom stereocenters. The van der Waals surface area contributed by atoms with Crippen molar-refractivity contribution in [1.82, 2.24) is 14.8 Å². The predicted octanol–water partition coefficient (Wildman–Crippen LogP) is 3.68. The molecular formula is C23H28N4O2. The Balaban J connectivity index is 1.25. The topological polar surface area (TPSA) is 65.5 Å². The van der Waals surface area contributed by atoms with E-state index in [1.54, 1.807) is 6.20 Å². The lowest BCUT2D eigenvalue weighted by Gasteiger charge is -2.42. The van der Waals surface area contributed by atoms with Crippen LogP contribution in [0.25, 0.3) is 0 Å². The summed E-state index contributed by atoms with van der Waals surface area (Å²) in [4.78, 5) is 32.6. The number of carbonyl (C=O) groups excluding carboxylic acids is 2. The third-order valence-corrected chi connectivity index (χ3v) is 5.77. The average Bonchev–Trinajstić information content (AvgIpc) is 2.60. The van der Waals surface area contributed by atoms with E-state index in [1.807, 2.05) is 67.1 Å². The van der Waals surface area contributed by atoms with Crippen molar-refractivity contribution in [2.75, 3.05) is 31.5 Å². The summed E-state index contributed by atoms with van der Waals surface area (Å²) >= 11 is 0. The highest BCUT2D eigenvalue weighted by Gasteiger charge is 2.37. The third kappa shape index (κ3) is 4.11. The van der Waals surface area contributed by atoms with E-state index in [-0.39, 0.29) is 17.4 Å². The van der Waals surface area contributed by atoms with Crippen molar-refractivity contribution in [1.29, 1.82) is 0 Å². The minimum absolute atomic E-state index is 0.0662. The maximum Gasteiger partial charge on any atom is 0.321 e. The second kappa shape index (κ2) is 7.50. The summed E-state index contributed by atoms with van der Waals surface area (Å²) in [6.07, 6.45) is 3.63. The molecule has 4 rings (SSSR count). The first-order chi connectivity index (χ1) is 13.8. The molecule has 2 aliphatic rings. The Bertz CT molecular complexity index is 877. The average molecular weight is 393 g/mol. The van der Waals surface area contributed by atoms with Crippen molar-refractivity contribution in [3.63, 3.8) is 0 Å². The molecule has 0 unspecified atom stereocenters. The molecule has 152 valence electrons. The molecule has 3 heterocycles. The van der Waals surface area contributed by atoms with Gasteiger partial charge in [-0.1, -0.05) is 39.0 Å². The molecule has 29 heavy (non-hydrogen) atoms. The van der Waals surface area contributed by atoms with Crippen LogP contribution in [0.2, 0.25) is 0 Å². The number of nitrogens with zero attached hydrogens (tertiary/aromatic N) is 3. The maximum absolute atomic E-state index is 12.4. The highest BCUT2D eigenvalue weighted by Crippen LogP contribution is 2.32. The van der Waals surface area contributed by atoms with Crippen molar-refractivity contribution < 1.29 is 9.59 Å². The Morgan fingerprint density at radius 3 is 2.14 bits per heavy atom. The molecule has 1 aromatic heterocycles. The molecular weight excluding hydrogens is 364 g/mol. The largest absolute Gasteiger partial charge is 0.341 e. The number of hydrogen-bond acceptors (Lipinski definition) is 3. The Labute approximate surface area is 171 Å². The lowest BCUT2D eigenvalue weighted by atomic mass is 9.87. The van der Waals surface area contributed by atoms with Crippen molar-refractivity contribution in [3.05, 3.63) is 59.9 Å². The minimum Gasteiger partial charge on any atom is -0.341 e. The second-order valence-electron chi connectivity index (χ2n) is 9.10. The van der Waals surface area contributed by atoms with Gasteiger partial charge in [-0.15, -0.1) is 0 Å². The highest BCUT2D eigenvalue weighted by atomic mass is 16.2. The number of urea groups is 1. The summed E-state index contributed by atoms with van der Waals surface area (Å²) < 4.78 is 0. The smallest absolute Gasteiger partial charge is 0.321 e. The van der Waals surface area contributed by atoms with E-state index in [1.165, 1.54) is 11.1 Å². The molecule has 2 aromatic rings. The summed E-state index contributed by atoms with van der Waals surface area (Å²) in [6, 6.07) is 11.9. The molecule has 2 saturated heterocycles. The van der Waals surface area contributed by atoms with Crippen LogP contribution in [0.4, 0.5) is 10.5 Å². The van der Waals surface area contributed by atoms with Gasteiger partial charge in [-0.05, 0) is 29.3 Å². The van der Waals surface area contributed by atoms with Gasteiger partial charge in [0.1, 0.15) is 0 Å². The van der Waals surface area contributed by atoms with Gasteiger partial charge in [0.2, 0.25) is 5.91 Å². The minimum atomic E-state index is -0.327. The molecule has 2 aliphatic heterocycles. The Morgan fingerprint density at radius 1 is 0.931 bits per heavy atom. The van der Waals surface area contributed by atoms with Gasteiger partial charge < -0.3 is 15.1 Å². The summed E-state index contributed by atoms with van der Waals surface area (Å²) in [7, 11) is 0. The molecule has 0 aliphatic carbocycles. The highest BCUT2D eigenvalue weighted by molar-refractivity contribution is 5.90. The van der Waals surface area contributed by atoms with E-state index in [4.69, 9.17) is 0 Å². The van der Waals surface area contributed by atoms with Crippen LogP contribution in [0, 0.1) is 5.41 Å². The number of nitrogens with one attached hydrogen (secondary N) is 1. The lowest BCUT2D eigenvalue weighted by molar-refractivity contribution is -0.144. The van der Waals surface area contributed by atoms with Gasteiger partial charge in [0, 0.05) is 61.5 Å². The zero-order valence-electron chi connectivity index (χ0n) is 17.3. The van der Waals surface area contributed by atoms with Gasteiger partial charge in [0.05, 0.1) is 0 Å². The molecule has 0 spiro atoms. The summed E-state index contributed by atoms with van der Waals surface area (Å²) in [5, 5.41) is 2.97. The fourth-order valence-electron chi connectivity index (χ4n) is 3.84. The lowest BCUT2D eigenvalue weighted by Crippen LogP contribution is -2.52. The Kier molecular flexibility index (Phi) is 5.03. The number of amides is 3. The number of likely N-dealkylation sites (tertiary alicyclic amines) is 2. The van der Waals surface area contributed by atoms with Crippen LogP contribution < -0.4 is 5.32 Å². The van der Waals surface area contributed by atoms with Crippen molar-refractivity contribution in [2.45, 2.75) is 32.6 Å². The zero-order valence-corrected chi connectivity index (χ0v) is 17.3. The van der Waals surface area contributed by atoms with Crippen LogP contribution in [0.5, 0.6) is 0 Å². The molecule has 6 nitrogen and oxygen atoms in total. The summed E-state index contributed by atoms with van der Waals surface area (Å²) in [6.45, 7) is 8.84. The van der Waals surface area contributed by atoms with Crippen LogP contribution in [0.3, 0.4) is 0 Å². The van der Waals surface area contributed by atoms with Crippen molar-refractivity contribution >= 4 is 17.6 Å². The number of rotatable bonds is 3. The maximum atomic E-state index is 12.4. The van der Waals surface area contributed by atoms with E-state index in [0.717, 1.165) is 31.9 Å². The second-order valence-corrected chi connectivity index (χ2v) is 9.10. The number of carbonyl (C=O) groups is 2. The van der Waals surface area contributed by atoms with Crippen LogP contribution in [-0.4, -0.2) is 52.9 Å². The molecule has 3 amide bonds. The molecule has 1 aromatic carbocycles. The van der Waals surface area contributed by atoms with Gasteiger partial charge in [-0.2, -0.15) is 0 Å². The molecule has 2 fully saturated rings. The van der Waals surface area contributed by atoms with Gasteiger partial charge in [0.15, 0.2) is 0 Å². The van der Waals surface area contributed by atoms with Crippen LogP contribution >= 0.6 is 0 Å². The molecule has 0 bridgehead atoms. The standard InChI is InChI=1S/C23H28N4O2/c1-23(2,3)21(28)26-12-18(13-26)16-6-8-20(9-7-16)25-22(29)27-14-19(15-27)17-5-4-10-24-11-17/h4-11,18-19H,12-15H2,1-3H3,(H,25,29). The third-order valence-electron chi connectivity index (χ3n) is 5.77. The molecule has 0 radical (unpaired) electrons. The molecule has 1 N–H and O–H groups in total. The number of anilines is 1. The first-order valence-electron chi connectivity index (χ1n) is 10.2. The summed E-state index contributed by atoms with van der Waals surface area (Å²) in [5.41, 5.74) is 2.86. The number of hydrogen-bond donors (Lipinski definition) is 1. The first kappa shape index (κ1) is 19.4. The fourth-order valence-corrected chi connectivity index (χ4v) is 3.84. The molecule has 0 saturated carbocycles. The zero-order chi connectivity index (χ0) is 20.6. The normalized spacial score (nSPS) is 17.5. The predicted molar refractivity (Wildman–Crippen MR) is 113 cm³/mol. The van der Waals surface area contributed by atoms with E-state index < -0.39 is 0 Å². The quantitative estimate of drug-likeness (QED) is 0.866. The van der Waals surface area contributed by atoms with E-state index in [2.05, 4.69) is 16.4 Å². The van der Waals surface area contributed by atoms with E-state index in [0.29, 0.717) is 11.8 Å². The Hall–Kier alpha value is -2.89. The SMILES string of the molecule is CC(C)(C)C(=O)N1CC(c2ccc(NC(=O)N3CC(c4cccnc4)C3)cc2)C1. The molecule has 6 heteroatoms. The van der Waals surface area contributed by atoms with Gasteiger partial charge in [-0.25, -0.2) is 4.79 Å². The van der Waals surface area contributed by atoms with Gasteiger partial charge >= 0.3 is 6.03 Å². The number of aromatic nitrogens is 1. The fraction of sp³-hybridized carbons (Fsp3) is 0.435. The Morgan fingerprint density at radius 2 is 1.55 bits per heavy atom. The monoisotopic (exact) mass is 392 g/mol. The van der Waals surface area contributed by atoms with Crippen molar-refractivity contribution in [2.24, 2.45) is 5.41 Å². The van der Waals surface area contributed by atoms with Gasteiger partial charge in [-0.3, -0.25) is 9.78 Å². The van der Waals surface area contributed by atoms with Crippen molar-refractivity contribution in [3.8, 4) is 0 Å². The van der Waals surface area contributed by atoms with E-state index >= 15 is 0 Å². The number of benzene rings is 1. The van der Waals surface area contributed by atoms with E-state index in [9.17, 15) is 9.59 Å². The van der Waals surface area contributed by atoms with Crippen LogP contribution in [0.15, 0.2) is 48.8 Å². The van der Waals surface area contributed by atoms with Crippen LogP contribution in [0.1, 0.15) is 43.7 Å². The van der Waals surface area contributed by atoms with Crippen LogP contribution in [-0.2, 0) is 4.79 Å². The first-order valence-corrected chi connectivity index (χ1v) is 10.2. The number of pyridine rings is 1. The summed E-state index contributed by atoms with van der Waals surface area (Å²) in [5.74, 6) is 0.952.